The number of fused-ring (bicyclic) bond motifs is 1. The molecule has 0 fully saturated rings. The highest BCUT2D eigenvalue weighted by Gasteiger charge is 2.20. The molecule has 4 rings (SSSR count). The van der Waals surface area contributed by atoms with E-state index in [0.29, 0.717) is 4.77 Å². The van der Waals surface area contributed by atoms with Gasteiger partial charge in [0.05, 0.1) is 12.2 Å². The summed E-state index contributed by atoms with van der Waals surface area (Å²) in [5, 5.41) is 8.51. The average molecular weight is 338 g/mol. The van der Waals surface area contributed by atoms with E-state index in [2.05, 4.69) is 53.7 Å². The fraction of sp³-hybridized carbons (Fsp3) is 0.278. The minimum atomic E-state index is 0.644. The third-order valence-corrected chi connectivity index (χ3v) is 4.98. The zero-order valence-electron chi connectivity index (χ0n) is 13.6. The van der Waals surface area contributed by atoms with Crippen LogP contribution in [0.4, 0.5) is 0 Å². The molecule has 0 radical (unpaired) electrons. The van der Waals surface area contributed by atoms with Gasteiger partial charge in [-0.3, -0.25) is 0 Å². The van der Waals surface area contributed by atoms with Crippen LogP contribution in [0.5, 0.6) is 0 Å². The maximum atomic E-state index is 5.57. The standard InChI is InChI=1S/C18H19N5S/c1-14-6-8-17(9-7-14)23-18(24)22(19-20-23)13-21-11-10-15-4-2-3-5-16(15)12-21/h2-9H,10-13H2,1H3/p+1. The molecule has 24 heavy (non-hydrogen) atoms. The fourth-order valence-corrected chi connectivity index (χ4v) is 3.45. The van der Waals surface area contributed by atoms with Crippen LogP contribution in [-0.2, 0) is 19.6 Å². The van der Waals surface area contributed by atoms with Crippen molar-refractivity contribution in [2.45, 2.75) is 26.6 Å². The van der Waals surface area contributed by atoms with E-state index in [1.54, 1.807) is 4.68 Å². The van der Waals surface area contributed by atoms with Gasteiger partial charge in [0.15, 0.2) is 6.67 Å². The molecule has 1 N–H and O–H groups in total. The number of hydrogen-bond donors (Lipinski definition) is 1. The first-order valence-corrected chi connectivity index (χ1v) is 8.62. The van der Waals surface area contributed by atoms with Crippen LogP contribution < -0.4 is 4.90 Å². The van der Waals surface area contributed by atoms with Crippen molar-refractivity contribution in [1.29, 1.82) is 0 Å². The van der Waals surface area contributed by atoms with Gasteiger partial charge in [0.2, 0.25) is 4.77 Å². The summed E-state index contributed by atoms with van der Waals surface area (Å²) in [5.74, 6) is 0. The summed E-state index contributed by atoms with van der Waals surface area (Å²) >= 11 is 5.57. The van der Waals surface area contributed by atoms with Crippen LogP contribution in [0.1, 0.15) is 16.7 Å². The number of aromatic nitrogens is 4. The van der Waals surface area contributed by atoms with Gasteiger partial charge in [-0.25, -0.2) is 0 Å². The van der Waals surface area contributed by atoms with Gasteiger partial charge in [-0.1, -0.05) is 42.0 Å². The van der Waals surface area contributed by atoms with Crippen LogP contribution in [0, 0.1) is 11.7 Å². The number of aryl methyl sites for hydroxylation is 1. The molecule has 5 nitrogen and oxygen atoms in total. The third-order valence-electron chi connectivity index (χ3n) is 4.60. The van der Waals surface area contributed by atoms with Crippen LogP contribution in [0.2, 0.25) is 0 Å². The normalized spacial score (nSPS) is 16.8. The summed E-state index contributed by atoms with van der Waals surface area (Å²) in [7, 11) is 0. The SMILES string of the molecule is Cc1ccc(-n2nnn(C[NH+]3CCc4ccccc4C3)c2=S)cc1. The summed E-state index contributed by atoms with van der Waals surface area (Å²) in [6.45, 7) is 4.92. The summed E-state index contributed by atoms with van der Waals surface area (Å²) < 4.78 is 4.20. The number of quaternary nitrogens is 1. The Balaban J connectivity index is 1.54. The summed E-state index contributed by atoms with van der Waals surface area (Å²) in [4.78, 5) is 1.46. The first-order valence-electron chi connectivity index (χ1n) is 8.21. The summed E-state index contributed by atoms with van der Waals surface area (Å²) in [6, 6.07) is 16.8. The highest BCUT2D eigenvalue weighted by Crippen LogP contribution is 2.11. The van der Waals surface area contributed by atoms with Gasteiger partial charge in [0, 0.05) is 12.0 Å². The Kier molecular flexibility index (Phi) is 4.00. The molecule has 0 amide bonds. The maximum absolute atomic E-state index is 5.57. The molecule has 0 bridgehead atoms. The van der Waals surface area contributed by atoms with Crippen molar-refractivity contribution in [3.05, 3.63) is 70.0 Å². The predicted octanol–water partition coefficient (Wildman–Crippen LogP) is 1.71. The first-order chi connectivity index (χ1) is 11.7. The zero-order chi connectivity index (χ0) is 16.5. The van der Waals surface area contributed by atoms with E-state index < -0.39 is 0 Å². The first kappa shape index (κ1) is 15.2. The highest BCUT2D eigenvalue weighted by molar-refractivity contribution is 7.71. The topological polar surface area (TPSA) is 40.1 Å². The lowest BCUT2D eigenvalue weighted by atomic mass is 10.0. The van der Waals surface area contributed by atoms with Gasteiger partial charge in [-0.05, 0) is 47.3 Å². The van der Waals surface area contributed by atoms with Crippen molar-refractivity contribution >= 4 is 12.2 Å². The van der Waals surface area contributed by atoms with Gasteiger partial charge >= 0.3 is 0 Å². The van der Waals surface area contributed by atoms with E-state index in [9.17, 15) is 0 Å². The number of nitrogens with one attached hydrogen (secondary N) is 1. The van der Waals surface area contributed by atoms with Crippen molar-refractivity contribution < 1.29 is 4.90 Å². The van der Waals surface area contributed by atoms with Crippen molar-refractivity contribution in [2.75, 3.05) is 6.54 Å². The van der Waals surface area contributed by atoms with Gasteiger partial charge in [0.25, 0.3) is 0 Å². The largest absolute Gasteiger partial charge is 0.312 e. The number of nitrogens with zero attached hydrogens (tertiary/aromatic N) is 4. The molecule has 0 saturated carbocycles. The molecule has 3 aromatic rings. The molecule has 0 spiro atoms. The molecule has 2 aromatic carbocycles. The second-order valence-electron chi connectivity index (χ2n) is 6.36. The van der Waals surface area contributed by atoms with Crippen LogP contribution >= 0.6 is 12.2 Å². The van der Waals surface area contributed by atoms with E-state index in [1.807, 2.05) is 16.8 Å². The van der Waals surface area contributed by atoms with Crippen LogP contribution in [0.25, 0.3) is 5.69 Å². The van der Waals surface area contributed by atoms with Crippen molar-refractivity contribution in [3.63, 3.8) is 0 Å². The minimum absolute atomic E-state index is 0.644. The second kappa shape index (κ2) is 6.30. The monoisotopic (exact) mass is 338 g/mol. The second-order valence-corrected chi connectivity index (χ2v) is 6.73. The van der Waals surface area contributed by atoms with E-state index >= 15 is 0 Å². The molecule has 2 heterocycles. The quantitative estimate of drug-likeness (QED) is 0.739. The zero-order valence-corrected chi connectivity index (χ0v) is 14.5. The van der Waals surface area contributed by atoms with Gasteiger partial charge in [-0.15, -0.1) is 0 Å². The lowest BCUT2D eigenvalue weighted by Crippen LogP contribution is -3.11. The number of benzene rings is 2. The molecule has 1 aliphatic rings. The molecular weight excluding hydrogens is 318 g/mol. The van der Waals surface area contributed by atoms with E-state index in [-0.39, 0.29) is 0 Å². The van der Waals surface area contributed by atoms with Crippen molar-refractivity contribution in [2.24, 2.45) is 0 Å². The molecule has 1 aliphatic heterocycles. The summed E-state index contributed by atoms with van der Waals surface area (Å²) in [6.07, 6.45) is 1.10. The van der Waals surface area contributed by atoms with Crippen LogP contribution in [-0.4, -0.2) is 26.3 Å². The Morgan fingerprint density at radius 1 is 1.04 bits per heavy atom. The molecule has 1 atom stereocenters. The Bertz CT molecular complexity index is 910. The Morgan fingerprint density at radius 3 is 2.58 bits per heavy atom. The van der Waals surface area contributed by atoms with Crippen LogP contribution in [0.3, 0.4) is 0 Å². The smallest absolute Gasteiger partial charge is 0.225 e. The lowest BCUT2D eigenvalue weighted by Gasteiger charge is -2.25. The third kappa shape index (κ3) is 2.90. The maximum Gasteiger partial charge on any atom is 0.225 e. The Labute approximate surface area is 146 Å². The number of rotatable bonds is 3. The molecule has 0 aliphatic carbocycles. The average Bonchev–Trinajstić information content (AvgIpc) is 2.96. The molecule has 1 unspecified atom stereocenters. The number of tetrazole rings is 1. The van der Waals surface area contributed by atoms with Crippen molar-refractivity contribution in [3.8, 4) is 5.69 Å². The van der Waals surface area contributed by atoms with Crippen LogP contribution in [0.15, 0.2) is 48.5 Å². The number of hydrogen-bond acceptors (Lipinski definition) is 3. The molecule has 6 heteroatoms. The Hall–Kier alpha value is -2.31. The fourth-order valence-electron chi connectivity index (χ4n) is 3.21. The summed E-state index contributed by atoms with van der Waals surface area (Å²) in [5.41, 5.74) is 5.06. The van der Waals surface area contributed by atoms with E-state index in [1.165, 1.54) is 21.6 Å². The molecule has 0 saturated heterocycles. The highest BCUT2D eigenvalue weighted by atomic mass is 32.1. The molecule has 1 aromatic heterocycles. The molecule has 122 valence electrons. The van der Waals surface area contributed by atoms with Gasteiger partial charge in [0.1, 0.15) is 6.54 Å². The van der Waals surface area contributed by atoms with Crippen molar-refractivity contribution in [1.82, 2.24) is 19.8 Å². The lowest BCUT2D eigenvalue weighted by molar-refractivity contribution is -0.939. The minimum Gasteiger partial charge on any atom is -0.312 e. The van der Waals surface area contributed by atoms with E-state index in [0.717, 1.165) is 31.9 Å². The van der Waals surface area contributed by atoms with E-state index in [4.69, 9.17) is 12.2 Å². The van der Waals surface area contributed by atoms with Gasteiger partial charge < -0.3 is 4.90 Å². The molecular formula is C18H20N5S+. The predicted molar refractivity (Wildman–Crippen MR) is 94.6 cm³/mol. The Morgan fingerprint density at radius 2 is 1.79 bits per heavy atom. The van der Waals surface area contributed by atoms with Gasteiger partial charge in [-0.2, -0.15) is 9.36 Å².